The molecule has 0 radical (unpaired) electrons. The second-order valence-electron chi connectivity index (χ2n) is 7.72. The van der Waals surface area contributed by atoms with E-state index in [1.807, 2.05) is 13.8 Å². The van der Waals surface area contributed by atoms with Gasteiger partial charge in [-0.3, -0.25) is 10.1 Å². The van der Waals surface area contributed by atoms with Crippen LogP contribution < -0.4 is 5.32 Å². The second kappa shape index (κ2) is 9.26. The standard InChI is InChI=1S/C22H21F2N3O4S2/c1-13-10-27(11-14(2)31-13)33(29,30)17-6-3-15(4-7-17)21(28)26-22-25-20(12-32-22)18-9-16(23)5-8-19(18)24/h3-9,12-14H,10-11H2,1-2H3,(H,25,26,28)/t13-,14-/m1/s1. The Morgan fingerprint density at radius 2 is 1.79 bits per heavy atom. The summed E-state index contributed by atoms with van der Waals surface area (Å²) in [5, 5.41) is 4.30. The zero-order valence-corrected chi connectivity index (χ0v) is 19.4. The van der Waals surface area contributed by atoms with Gasteiger partial charge in [-0.15, -0.1) is 11.3 Å². The molecule has 2 atom stereocenters. The molecule has 1 aromatic heterocycles. The van der Waals surface area contributed by atoms with Gasteiger partial charge in [-0.05, 0) is 56.3 Å². The van der Waals surface area contributed by atoms with E-state index in [0.29, 0.717) is 0 Å². The fourth-order valence-corrected chi connectivity index (χ4v) is 5.87. The Bertz CT molecular complexity index is 1270. The maximum atomic E-state index is 14.0. The summed E-state index contributed by atoms with van der Waals surface area (Å²) < 4.78 is 60.2. The quantitative estimate of drug-likeness (QED) is 0.577. The SMILES string of the molecule is C[C@@H]1CN(S(=O)(=O)c2ccc(C(=O)Nc3nc(-c4cc(F)ccc4F)cs3)cc2)C[C@@H](C)O1. The van der Waals surface area contributed by atoms with Gasteiger partial charge in [-0.25, -0.2) is 22.2 Å². The molecule has 1 aliphatic rings. The normalized spacial score (nSPS) is 19.4. The summed E-state index contributed by atoms with van der Waals surface area (Å²) in [6, 6.07) is 8.64. The molecule has 2 heterocycles. The fourth-order valence-electron chi connectivity index (χ4n) is 3.57. The van der Waals surface area contributed by atoms with E-state index < -0.39 is 27.6 Å². The predicted molar refractivity (Wildman–Crippen MR) is 121 cm³/mol. The molecule has 7 nitrogen and oxygen atoms in total. The van der Waals surface area contributed by atoms with E-state index in [4.69, 9.17) is 4.74 Å². The minimum absolute atomic E-state index is 0.00643. The maximum Gasteiger partial charge on any atom is 0.257 e. The van der Waals surface area contributed by atoms with E-state index in [0.717, 1.165) is 29.5 Å². The molecule has 0 saturated carbocycles. The number of anilines is 1. The highest BCUT2D eigenvalue weighted by molar-refractivity contribution is 7.89. The van der Waals surface area contributed by atoms with Crippen molar-refractivity contribution >= 4 is 32.4 Å². The van der Waals surface area contributed by atoms with Crippen LogP contribution in [-0.4, -0.2) is 48.9 Å². The third kappa shape index (κ3) is 5.11. The number of nitrogens with one attached hydrogen (secondary N) is 1. The number of ether oxygens (including phenoxy) is 1. The highest BCUT2D eigenvalue weighted by Crippen LogP contribution is 2.28. The number of benzene rings is 2. The molecule has 11 heteroatoms. The van der Waals surface area contributed by atoms with Crippen LogP contribution in [0.1, 0.15) is 24.2 Å². The summed E-state index contributed by atoms with van der Waals surface area (Å²) in [7, 11) is -3.72. The van der Waals surface area contributed by atoms with Crippen LogP contribution in [0, 0.1) is 11.6 Å². The van der Waals surface area contributed by atoms with Gasteiger partial charge in [-0.2, -0.15) is 4.31 Å². The molecular weight excluding hydrogens is 472 g/mol. The zero-order valence-electron chi connectivity index (χ0n) is 17.8. The Morgan fingerprint density at radius 1 is 1.12 bits per heavy atom. The van der Waals surface area contributed by atoms with E-state index >= 15 is 0 Å². The minimum Gasteiger partial charge on any atom is -0.373 e. The number of hydrogen-bond donors (Lipinski definition) is 1. The summed E-state index contributed by atoms with van der Waals surface area (Å²) in [5.74, 6) is -1.73. The van der Waals surface area contributed by atoms with Gasteiger partial charge in [0.15, 0.2) is 5.13 Å². The van der Waals surface area contributed by atoms with E-state index in [2.05, 4.69) is 10.3 Å². The number of morpholine rings is 1. The summed E-state index contributed by atoms with van der Waals surface area (Å²) in [5.41, 5.74) is 0.419. The van der Waals surface area contributed by atoms with Crippen molar-refractivity contribution in [3.8, 4) is 11.3 Å². The first kappa shape index (κ1) is 23.4. The molecule has 1 N–H and O–H groups in total. The van der Waals surface area contributed by atoms with Crippen molar-refractivity contribution < 1.29 is 26.7 Å². The lowest BCUT2D eigenvalue weighted by molar-refractivity contribution is -0.0440. The molecule has 0 spiro atoms. The van der Waals surface area contributed by atoms with Crippen LogP contribution >= 0.6 is 11.3 Å². The first-order valence-electron chi connectivity index (χ1n) is 10.1. The zero-order chi connectivity index (χ0) is 23.8. The van der Waals surface area contributed by atoms with E-state index in [1.165, 1.54) is 34.0 Å². The van der Waals surface area contributed by atoms with Crippen LogP contribution in [0.3, 0.4) is 0 Å². The maximum absolute atomic E-state index is 14.0. The van der Waals surface area contributed by atoms with Crippen LogP contribution in [0.25, 0.3) is 11.3 Å². The monoisotopic (exact) mass is 493 g/mol. The topological polar surface area (TPSA) is 88.6 Å². The molecule has 174 valence electrons. The predicted octanol–water partition coefficient (Wildman–Crippen LogP) is 4.14. The summed E-state index contributed by atoms with van der Waals surface area (Å²) >= 11 is 1.06. The van der Waals surface area contributed by atoms with E-state index in [-0.39, 0.29) is 52.1 Å². The Balaban J connectivity index is 1.47. The highest BCUT2D eigenvalue weighted by atomic mass is 32.2. The number of amides is 1. The van der Waals surface area contributed by atoms with Crippen molar-refractivity contribution in [1.82, 2.24) is 9.29 Å². The van der Waals surface area contributed by atoms with Crippen LogP contribution in [0.2, 0.25) is 0 Å². The summed E-state index contributed by atoms with van der Waals surface area (Å²) in [4.78, 5) is 16.8. The van der Waals surface area contributed by atoms with E-state index in [9.17, 15) is 22.0 Å². The molecular formula is C22H21F2N3O4S2. The molecule has 1 aliphatic heterocycles. The average molecular weight is 494 g/mol. The molecule has 33 heavy (non-hydrogen) atoms. The molecule has 1 fully saturated rings. The number of halogens is 2. The van der Waals surface area contributed by atoms with Crippen molar-refractivity contribution in [3.05, 3.63) is 65.0 Å². The lowest BCUT2D eigenvalue weighted by atomic mass is 10.1. The van der Waals surface area contributed by atoms with Gasteiger partial charge in [-0.1, -0.05) is 0 Å². The Kier molecular flexibility index (Phi) is 6.57. The molecule has 0 aliphatic carbocycles. The van der Waals surface area contributed by atoms with Crippen molar-refractivity contribution in [2.24, 2.45) is 0 Å². The number of carbonyl (C=O) groups is 1. The van der Waals surface area contributed by atoms with Gasteiger partial charge in [0.25, 0.3) is 5.91 Å². The van der Waals surface area contributed by atoms with Crippen molar-refractivity contribution in [2.45, 2.75) is 31.0 Å². The van der Waals surface area contributed by atoms with Gasteiger partial charge < -0.3 is 4.74 Å². The van der Waals surface area contributed by atoms with Crippen LogP contribution in [0.5, 0.6) is 0 Å². The van der Waals surface area contributed by atoms with Crippen LogP contribution in [-0.2, 0) is 14.8 Å². The van der Waals surface area contributed by atoms with Crippen molar-refractivity contribution in [3.63, 3.8) is 0 Å². The van der Waals surface area contributed by atoms with Crippen molar-refractivity contribution in [1.29, 1.82) is 0 Å². The number of nitrogens with zero attached hydrogens (tertiary/aromatic N) is 2. The van der Waals surface area contributed by atoms with Gasteiger partial charge in [0.2, 0.25) is 10.0 Å². The minimum atomic E-state index is -3.72. The lowest BCUT2D eigenvalue weighted by Gasteiger charge is -2.34. The Hall–Kier alpha value is -2.73. The molecule has 3 aromatic rings. The fraction of sp³-hybridized carbons (Fsp3) is 0.273. The lowest BCUT2D eigenvalue weighted by Crippen LogP contribution is -2.48. The third-order valence-corrected chi connectivity index (χ3v) is 7.67. The summed E-state index contributed by atoms with van der Waals surface area (Å²) in [6.45, 7) is 4.15. The van der Waals surface area contributed by atoms with Gasteiger partial charge in [0.1, 0.15) is 11.6 Å². The first-order valence-corrected chi connectivity index (χ1v) is 12.4. The highest BCUT2D eigenvalue weighted by Gasteiger charge is 2.32. The molecule has 0 unspecified atom stereocenters. The Morgan fingerprint density at radius 3 is 2.45 bits per heavy atom. The van der Waals surface area contributed by atoms with E-state index in [1.54, 1.807) is 0 Å². The molecule has 1 saturated heterocycles. The molecule has 4 rings (SSSR count). The number of aromatic nitrogens is 1. The largest absolute Gasteiger partial charge is 0.373 e. The number of rotatable bonds is 5. The summed E-state index contributed by atoms with van der Waals surface area (Å²) in [6.07, 6.45) is -0.421. The number of hydrogen-bond acceptors (Lipinski definition) is 6. The second-order valence-corrected chi connectivity index (χ2v) is 10.5. The average Bonchev–Trinajstić information content (AvgIpc) is 3.23. The van der Waals surface area contributed by atoms with Gasteiger partial charge >= 0.3 is 0 Å². The molecule has 1 amide bonds. The number of sulfonamides is 1. The Labute approximate surface area is 194 Å². The van der Waals surface area contributed by atoms with Crippen molar-refractivity contribution in [2.75, 3.05) is 18.4 Å². The van der Waals surface area contributed by atoms with Gasteiger partial charge in [0.05, 0.1) is 22.8 Å². The number of carbonyl (C=O) groups excluding carboxylic acids is 1. The smallest absolute Gasteiger partial charge is 0.257 e. The van der Waals surface area contributed by atoms with Crippen LogP contribution in [0.15, 0.2) is 52.7 Å². The van der Waals surface area contributed by atoms with Gasteiger partial charge in [0, 0.05) is 29.6 Å². The van der Waals surface area contributed by atoms with Crippen LogP contribution in [0.4, 0.5) is 13.9 Å². The molecule has 0 bridgehead atoms. The third-order valence-electron chi connectivity index (χ3n) is 5.07. The molecule has 2 aromatic carbocycles. The number of thiazole rings is 1. The first-order chi connectivity index (χ1) is 15.6.